The van der Waals surface area contributed by atoms with Gasteiger partial charge in [-0.3, -0.25) is 0 Å². The second-order valence-electron chi connectivity index (χ2n) is 4.97. The third kappa shape index (κ3) is 2.09. The summed E-state index contributed by atoms with van der Waals surface area (Å²) >= 11 is 2.07. The van der Waals surface area contributed by atoms with E-state index in [9.17, 15) is 0 Å². The lowest BCUT2D eigenvalue weighted by atomic mass is 10.1. The number of thioether (sulfide) groups is 1. The van der Waals surface area contributed by atoms with E-state index in [-0.39, 0.29) is 0 Å². The Labute approximate surface area is 112 Å². The van der Waals surface area contributed by atoms with Crippen molar-refractivity contribution in [2.45, 2.75) is 26.3 Å². The normalized spacial score (nSPS) is 19.7. The standard InChI is InChI=1S/C14H19N3S/c1-2-14-16-12-7-11(15)3-4-13(12)17(14)8-10-5-6-18-9-10/h3-4,7,10H,2,5-6,8-9,15H2,1H3. The summed E-state index contributed by atoms with van der Waals surface area (Å²) in [6.07, 6.45) is 2.32. The molecular formula is C14H19N3S. The number of imidazole rings is 1. The molecular weight excluding hydrogens is 242 g/mol. The van der Waals surface area contributed by atoms with E-state index >= 15 is 0 Å². The number of hydrogen-bond acceptors (Lipinski definition) is 3. The first-order valence-electron chi connectivity index (χ1n) is 6.60. The molecule has 4 heteroatoms. The first-order valence-corrected chi connectivity index (χ1v) is 7.75. The maximum Gasteiger partial charge on any atom is 0.109 e. The number of anilines is 1. The molecule has 0 bridgehead atoms. The largest absolute Gasteiger partial charge is 0.399 e. The summed E-state index contributed by atoms with van der Waals surface area (Å²) < 4.78 is 2.39. The second kappa shape index (κ2) is 4.84. The predicted octanol–water partition coefficient (Wildman–Crippen LogP) is 2.93. The van der Waals surface area contributed by atoms with Gasteiger partial charge in [0.2, 0.25) is 0 Å². The SMILES string of the molecule is CCc1nc2cc(N)ccc2n1CC1CCSC1. The van der Waals surface area contributed by atoms with Gasteiger partial charge in [-0.05, 0) is 42.0 Å². The fraction of sp³-hybridized carbons (Fsp3) is 0.500. The summed E-state index contributed by atoms with van der Waals surface area (Å²) in [5.74, 6) is 4.59. The number of rotatable bonds is 3. The number of aromatic nitrogens is 2. The van der Waals surface area contributed by atoms with Gasteiger partial charge >= 0.3 is 0 Å². The Bertz CT molecular complexity index is 555. The molecule has 2 N–H and O–H groups in total. The van der Waals surface area contributed by atoms with Crippen molar-refractivity contribution in [1.29, 1.82) is 0 Å². The highest BCUT2D eigenvalue weighted by Crippen LogP contribution is 2.27. The molecule has 0 spiro atoms. The smallest absolute Gasteiger partial charge is 0.109 e. The molecule has 1 fully saturated rings. The number of benzene rings is 1. The van der Waals surface area contributed by atoms with Crippen LogP contribution in [-0.4, -0.2) is 21.1 Å². The minimum absolute atomic E-state index is 0.797. The minimum atomic E-state index is 0.797. The van der Waals surface area contributed by atoms with E-state index in [0.29, 0.717) is 0 Å². The van der Waals surface area contributed by atoms with Crippen molar-refractivity contribution in [3.63, 3.8) is 0 Å². The monoisotopic (exact) mass is 261 g/mol. The summed E-state index contributed by atoms with van der Waals surface area (Å²) in [7, 11) is 0. The molecule has 0 amide bonds. The van der Waals surface area contributed by atoms with E-state index in [1.165, 1.54) is 29.3 Å². The van der Waals surface area contributed by atoms with E-state index < -0.39 is 0 Å². The molecule has 3 nitrogen and oxygen atoms in total. The van der Waals surface area contributed by atoms with E-state index in [2.05, 4.69) is 29.3 Å². The van der Waals surface area contributed by atoms with Crippen LogP contribution in [0.25, 0.3) is 11.0 Å². The van der Waals surface area contributed by atoms with Gasteiger partial charge < -0.3 is 10.3 Å². The predicted molar refractivity (Wildman–Crippen MR) is 79.0 cm³/mol. The molecule has 18 heavy (non-hydrogen) atoms. The van der Waals surface area contributed by atoms with E-state index in [1.807, 2.05) is 12.1 Å². The van der Waals surface area contributed by atoms with Crippen LogP contribution < -0.4 is 5.73 Å². The Morgan fingerprint density at radius 2 is 2.39 bits per heavy atom. The summed E-state index contributed by atoms with van der Waals surface area (Å²) in [6.45, 7) is 3.28. The highest BCUT2D eigenvalue weighted by Gasteiger charge is 2.19. The zero-order valence-corrected chi connectivity index (χ0v) is 11.5. The minimum Gasteiger partial charge on any atom is -0.399 e. The van der Waals surface area contributed by atoms with E-state index in [0.717, 1.165) is 30.1 Å². The van der Waals surface area contributed by atoms with Gasteiger partial charge in [0, 0.05) is 18.7 Å². The lowest BCUT2D eigenvalue weighted by Crippen LogP contribution is -2.12. The van der Waals surface area contributed by atoms with Crippen molar-refractivity contribution in [1.82, 2.24) is 9.55 Å². The average molecular weight is 261 g/mol. The first-order chi connectivity index (χ1) is 8.78. The molecule has 1 unspecified atom stereocenters. The van der Waals surface area contributed by atoms with Crippen molar-refractivity contribution >= 4 is 28.5 Å². The van der Waals surface area contributed by atoms with Gasteiger partial charge in [-0.15, -0.1) is 0 Å². The average Bonchev–Trinajstić information content (AvgIpc) is 2.97. The molecule has 3 rings (SSSR count). The van der Waals surface area contributed by atoms with Crippen LogP contribution in [0.1, 0.15) is 19.2 Å². The number of fused-ring (bicyclic) bond motifs is 1. The van der Waals surface area contributed by atoms with Crippen LogP contribution in [0.15, 0.2) is 18.2 Å². The van der Waals surface area contributed by atoms with Gasteiger partial charge in [-0.25, -0.2) is 4.98 Å². The molecule has 1 saturated heterocycles. The van der Waals surface area contributed by atoms with Gasteiger partial charge in [0.25, 0.3) is 0 Å². The molecule has 1 atom stereocenters. The van der Waals surface area contributed by atoms with Crippen LogP contribution >= 0.6 is 11.8 Å². The molecule has 1 aromatic heterocycles. The van der Waals surface area contributed by atoms with Gasteiger partial charge in [0.15, 0.2) is 0 Å². The van der Waals surface area contributed by atoms with Crippen LogP contribution in [0.5, 0.6) is 0 Å². The Kier molecular flexibility index (Phi) is 3.20. The van der Waals surface area contributed by atoms with Crippen molar-refractivity contribution in [2.24, 2.45) is 5.92 Å². The van der Waals surface area contributed by atoms with Crippen LogP contribution in [0.2, 0.25) is 0 Å². The third-order valence-electron chi connectivity index (χ3n) is 3.63. The first kappa shape index (κ1) is 11.9. The van der Waals surface area contributed by atoms with Crippen molar-refractivity contribution in [3.8, 4) is 0 Å². The molecule has 1 aromatic carbocycles. The molecule has 2 heterocycles. The summed E-state index contributed by atoms with van der Waals surface area (Å²) in [6, 6.07) is 6.07. The summed E-state index contributed by atoms with van der Waals surface area (Å²) in [5.41, 5.74) is 8.91. The van der Waals surface area contributed by atoms with Crippen molar-refractivity contribution in [3.05, 3.63) is 24.0 Å². The van der Waals surface area contributed by atoms with E-state index in [1.54, 1.807) is 0 Å². The molecule has 0 radical (unpaired) electrons. The lowest BCUT2D eigenvalue weighted by Gasteiger charge is -2.13. The molecule has 2 aromatic rings. The quantitative estimate of drug-likeness (QED) is 0.864. The van der Waals surface area contributed by atoms with Crippen LogP contribution in [0.3, 0.4) is 0 Å². The lowest BCUT2D eigenvalue weighted by molar-refractivity contribution is 0.489. The summed E-state index contributed by atoms with van der Waals surface area (Å²) in [5, 5.41) is 0. The topological polar surface area (TPSA) is 43.8 Å². The second-order valence-corrected chi connectivity index (χ2v) is 6.12. The Morgan fingerprint density at radius 3 is 3.11 bits per heavy atom. The molecule has 0 saturated carbocycles. The Balaban J connectivity index is 2.01. The molecule has 1 aliphatic heterocycles. The maximum atomic E-state index is 5.84. The van der Waals surface area contributed by atoms with Gasteiger partial charge in [-0.2, -0.15) is 11.8 Å². The van der Waals surface area contributed by atoms with Crippen LogP contribution in [0.4, 0.5) is 5.69 Å². The Morgan fingerprint density at radius 1 is 1.50 bits per heavy atom. The van der Waals surface area contributed by atoms with E-state index in [4.69, 9.17) is 10.7 Å². The summed E-state index contributed by atoms with van der Waals surface area (Å²) in [4.78, 5) is 4.71. The number of nitrogens with zero attached hydrogens (tertiary/aromatic N) is 2. The van der Waals surface area contributed by atoms with Crippen LogP contribution in [0, 0.1) is 5.92 Å². The van der Waals surface area contributed by atoms with Crippen molar-refractivity contribution < 1.29 is 0 Å². The third-order valence-corrected chi connectivity index (χ3v) is 4.86. The van der Waals surface area contributed by atoms with Crippen LogP contribution in [-0.2, 0) is 13.0 Å². The Hall–Kier alpha value is -1.16. The molecule has 96 valence electrons. The molecule has 1 aliphatic rings. The fourth-order valence-electron chi connectivity index (χ4n) is 2.66. The number of nitrogen functional groups attached to an aromatic ring is 1. The maximum absolute atomic E-state index is 5.84. The fourth-order valence-corrected chi connectivity index (χ4v) is 3.93. The number of aryl methyl sites for hydroxylation is 1. The van der Waals surface area contributed by atoms with Crippen molar-refractivity contribution in [2.75, 3.05) is 17.2 Å². The van der Waals surface area contributed by atoms with Gasteiger partial charge in [-0.1, -0.05) is 6.92 Å². The zero-order chi connectivity index (χ0) is 12.5. The van der Waals surface area contributed by atoms with Gasteiger partial charge in [0.05, 0.1) is 11.0 Å². The number of hydrogen-bond donors (Lipinski definition) is 1. The van der Waals surface area contributed by atoms with Gasteiger partial charge in [0.1, 0.15) is 5.82 Å². The number of nitrogens with two attached hydrogens (primary N) is 1. The molecule has 0 aliphatic carbocycles. The zero-order valence-electron chi connectivity index (χ0n) is 10.7. The highest BCUT2D eigenvalue weighted by molar-refractivity contribution is 7.99. The highest BCUT2D eigenvalue weighted by atomic mass is 32.2.